The van der Waals surface area contributed by atoms with E-state index in [0.29, 0.717) is 24.4 Å². The second-order valence-corrected chi connectivity index (χ2v) is 7.01. The van der Waals surface area contributed by atoms with Crippen molar-refractivity contribution in [3.8, 4) is 5.75 Å². The van der Waals surface area contributed by atoms with Crippen molar-refractivity contribution >= 4 is 17.5 Å². The van der Waals surface area contributed by atoms with Crippen LogP contribution >= 0.6 is 0 Å². The van der Waals surface area contributed by atoms with E-state index in [-0.39, 0.29) is 23.8 Å². The van der Waals surface area contributed by atoms with Crippen LogP contribution in [0.2, 0.25) is 0 Å². The number of rotatable bonds is 5. The van der Waals surface area contributed by atoms with Crippen molar-refractivity contribution in [3.63, 3.8) is 0 Å². The van der Waals surface area contributed by atoms with Gasteiger partial charge in [0.25, 0.3) is 17.4 Å². The van der Waals surface area contributed by atoms with Crippen LogP contribution < -0.4 is 15.6 Å². The van der Waals surface area contributed by atoms with Gasteiger partial charge in [-0.2, -0.15) is 0 Å². The molecule has 2 amide bonds. The zero-order valence-corrected chi connectivity index (χ0v) is 16.2. The maximum Gasteiger partial charge on any atom is 0.274 e. The predicted molar refractivity (Wildman–Crippen MR) is 107 cm³/mol. The Labute approximate surface area is 163 Å². The number of amides is 2. The summed E-state index contributed by atoms with van der Waals surface area (Å²) in [6.07, 6.45) is 4.60. The van der Waals surface area contributed by atoms with Crippen LogP contribution in [0.5, 0.6) is 5.75 Å². The number of hydrogen-bond acceptors (Lipinski definition) is 4. The van der Waals surface area contributed by atoms with Crippen LogP contribution in [0, 0.1) is 6.92 Å². The Morgan fingerprint density at radius 2 is 1.86 bits per heavy atom. The lowest BCUT2D eigenvalue weighted by Crippen LogP contribution is -2.36. The van der Waals surface area contributed by atoms with E-state index in [0.717, 1.165) is 24.8 Å². The number of hydrogen-bond donors (Lipinski definition) is 1. The smallest absolute Gasteiger partial charge is 0.274 e. The second kappa shape index (κ2) is 8.73. The summed E-state index contributed by atoms with van der Waals surface area (Å²) >= 11 is 0. The lowest BCUT2D eigenvalue weighted by Gasteiger charge is -2.27. The van der Waals surface area contributed by atoms with Gasteiger partial charge >= 0.3 is 0 Å². The Morgan fingerprint density at radius 1 is 1.14 bits per heavy atom. The SMILES string of the molecule is Cc1ccccc1OCC(=O)Nc1cc(C(=O)N2CCCCC2)cn(C)c1=O. The molecule has 1 fully saturated rings. The minimum Gasteiger partial charge on any atom is -0.483 e. The summed E-state index contributed by atoms with van der Waals surface area (Å²) in [5, 5.41) is 2.57. The number of nitrogens with zero attached hydrogens (tertiary/aromatic N) is 2. The maximum atomic E-state index is 12.7. The van der Waals surface area contributed by atoms with E-state index < -0.39 is 5.91 Å². The van der Waals surface area contributed by atoms with E-state index >= 15 is 0 Å². The van der Waals surface area contributed by atoms with Crippen LogP contribution in [-0.4, -0.2) is 41.0 Å². The van der Waals surface area contributed by atoms with Crippen LogP contribution in [-0.2, 0) is 11.8 Å². The number of likely N-dealkylation sites (tertiary alicyclic amines) is 1. The molecule has 148 valence electrons. The molecule has 0 spiro atoms. The van der Waals surface area contributed by atoms with Gasteiger partial charge in [0.2, 0.25) is 0 Å². The molecule has 2 aromatic rings. The molecule has 1 aromatic heterocycles. The van der Waals surface area contributed by atoms with Crippen LogP contribution in [0.15, 0.2) is 41.3 Å². The number of ether oxygens (including phenoxy) is 1. The number of benzene rings is 1. The molecule has 0 atom stereocenters. The molecule has 28 heavy (non-hydrogen) atoms. The van der Waals surface area contributed by atoms with E-state index in [1.807, 2.05) is 25.1 Å². The molecular weight excluding hydrogens is 358 g/mol. The lowest BCUT2D eigenvalue weighted by atomic mass is 10.1. The summed E-state index contributed by atoms with van der Waals surface area (Å²) in [6.45, 7) is 3.10. The highest BCUT2D eigenvalue weighted by Crippen LogP contribution is 2.17. The number of para-hydroxylation sites is 1. The van der Waals surface area contributed by atoms with Crippen molar-refractivity contribution in [1.82, 2.24) is 9.47 Å². The van der Waals surface area contributed by atoms with Crippen molar-refractivity contribution in [2.75, 3.05) is 25.0 Å². The number of carbonyl (C=O) groups excluding carboxylic acids is 2. The number of anilines is 1. The Bertz CT molecular complexity index is 929. The third-order valence-electron chi connectivity index (χ3n) is 4.80. The molecule has 7 nitrogen and oxygen atoms in total. The highest BCUT2D eigenvalue weighted by molar-refractivity contribution is 5.97. The van der Waals surface area contributed by atoms with Gasteiger partial charge in [0.1, 0.15) is 11.4 Å². The van der Waals surface area contributed by atoms with E-state index in [1.165, 1.54) is 16.8 Å². The Balaban J connectivity index is 1.71. The molecule has 0 unspecified atom stereocenters. The molecule has 0 bridgehead atoms. The fourth-order valence-corrected chi connectivity index (χ4v) is 3.25. The molecule has 1 aliphatic heterocycles. The third kappa shape index (κ3) is 4.60. The van der Waals surface area contributed by atoms with Gasteiger partial charge in [0.15, 0.2) is 6.61 Å². The molecule has 0 aliphatic carbocycles. The summed E-state index contributed by atoms with van der Waals surface area (Å²) in [5.41, 5.74) is 1.00. The summed E-state index contributed by atoms with van der Waals surface area (Å²) in [7, 11) is 1.56. The monoisotopic (exact) mass is 383 g/mol. The molecule has 1 aromatic carbocycles. The number of pyridine rings is 1. The number of carbonyl (C=O) groups is 2. The molecule has 1 aliphatic rings. The quantitative estimate of drug-likeness (QED) is 0.859. The van der Waals surface area contributed by atoms with Gasteiger partial charge in [-0.3, -0.25) is 14.4 Å². The van der Waals surface area contributed by atoms with Gasteiger partial charge in [0, 0.05) is 26.3 Å². The molecule has 1 saturated heterocycles. The van der Waals surface area contributed by atoms with Crippen molar-refractivity contribution in [3.05, 3.63) is 58.0 Å². The first kappa shape index (κ1) is 19.7. The first-order chi connectivity index (χ1) is 13.5. The minimum absolute atomic E-state index is 0.0729. The van der Waals surface area contributed by atoms with Gasteiger partial charge in [-0.15, -0.1) is 0 Å². The van der Waals surface area contributed by atoms with E-state index in [9.17, 15) is 14.4 Å². The first-order valence-corrected chi connectivity index (χ1v) is 9.44. The van der Waals surface area contributed by atoms with Gasteiger partial charge < -0.3 is 19.5 Å². The number of piperidine rings is 1. The zero-order valence-electron chi connectivity index (χ0n) is 16.2. The summed E-state index contributed by atoms with van der Waals surface area (Å²) in [6, 6.07) is 8.83. The predicted octanol–water partition coefficient (Wildman–Crippen LogP) is 2.34. The molecule has 0 saturated carbocycles. The minimum atomic E-state index is -0.456. The van der Waals surface area contributed by atoms with Crippen molar-refractivity contribution in [2.24, 2.45) is 7.05 Å². The van der Waals surface area contributed by atoms with E-state index in [4.69, 9.17) is 4.74 Å². The summed E-state index contributed by atoms with van der Waals surface area (Å²) in [4.78, 5) is 39.1. The third-order valence-corrected chi connectivity index (χ3v) is 4.80. The largest absolute Gasteiger partial charge is 0.483 e. The van der Waals surface area contributed by atoms with Crippen molar-refractivity contribution in [2.45, 2.75) is 26.2 Å². The second-order valence-electron chi connectivity index (χ2n) is 7.01. The average Bonchev–Trinajstić information content (AvgIpc) is 2.70. The Hall–Kier alpha value is -3.09. The number of aryl methyl sites for hydroxylation is 2. The van der Waals surface area contributed by atoms with E-state index in [1.54, 1.807) is 18.0 Å². The topological polar surface area (TPSA) is 80.6 Å². The van der Waals surface area contributed by atoms with Crippen LogP contribution in [0.25, 0.3) is 0 Å². The van der Waals surface area contributed by atoms with Crippen molar-refractivity contribution in [1.29, 1.82) is 0 Å². The molecule has 2 heterocycles. The van der Waals surface area contributed by atoms with Crippen molar-refractivity contribution < 1.29 is 14.3 Å². The molecule has 7 heteroatoms. The molecule has 1 N–H and O–H groups in total. The van der Waals surface area contributed by atoms with Crippen LogP contribution in [0.3, 0.4) is 0 Å². The molecule has 3 rings (SSSR count). The maximum absolute atomic E-state index is 12.7. The molecule has 0 radical (unpaired) electrons. The van der Waals surface area contributed by atoms with Gasteiger partial charge in [0.05, 0.1) is 5.56 Å². The van der Waals surface area contributed by atoms with Gasteiger partial charge in [-0.25, -0.2) is 0 Å². The number of nitrogens with one attached hydrogen (secondary N) is 1. The highest BCUT2D eigenvalue weighted by Gasteiger charge is 2.20. The lowest BCUT2D eigenvalue weighted by molar-refractivity contribution is -0.118. The van der Waals surface area contributed by atoms with Crippen LogP contribution in [0.4, 0.5) is 5.69 Å². The molecular formula is C21H25N3O4. The summed E-state index contributed by atoms with van der Waals surface area (Å²) < 4.78 is 6.83. The fraction of sp³-hybridized carbons (Fsp3) is 0.381. The Morgan fingerprint density at radius 3 is 2.57 bits per heavy atom. The van der Waals surface area contributed by atoms with E-state index in [2.05, 4.69) is 5.32 Å². The zero-order chi connectivity index (χ0) is 20.1. The average molecular weight is 383 g/mol. The standard InChI is InChI=1S/C21H25N3O4/c1-15-8-4-5-9-18(15)28-14-19(25)22-17-12-16(13-23(2)21(17)27)20(26)24-10-6-3-7-11-24/h4-5,8-9,12-13H,3,6-7,10-11,14H2,1-2H3,(H,22,25). The van der Waals surface area contributed by atoms with Gasteiger partial charge in [-0.05, 0) is 43.9 Å². The number of aromatic nitrogens is 1. The fourth-order valence-electron chi connectivity index (χ4n) is 3.25. The first-order valence-electron chi connectivity index (χ1n) is 9.44. The van der Waals surface area contributed by atoms with Crippen LogP contribution in [0.1, 0.15) is 35.2 Å². The normalized spacial score (nSPS) is 13.9. The summed E-state index contributed by atoms with van der Waals surface area (Å²) in [5.74, 6) is 0.0319. The highest BCUT2D eigenvalue weighted by atomic mass is 16.5. The Kier molecular flexibility index (Phi) is 6.13. The van der Waals surface area contributed by atoms with Gasteiger partial charge in [-0.1, -0.05) is 18.2 Å².